The second kappa shape index (κ2) is 6.93. The summed E-state index contributed by atoms with van der Waals surface area (Å²) >= 11 is 0. The van der Waals surface area contributed by atoms with Crippen LogP contribution in [-0.4, -0.2) is 23.5 Å². The summed E-state index contributed by atoms with van der Waals surface area (Å²) in [7, 11) is 0. The van der Waals surface area contributed by atoms with Gasteiger partial charge in [0.25, 0.3) is 0 Å². The average Bonchev–Trinajstić information content (AvgIpc) is 3.16. The SMILES string of the molecule is CC(C)(C)C1CC2CCCC2C1.CC(C)(C)N1CC2CCCC2C1. The summed E-state index contributed by atoms with van der Waals surface area (Å²) in [6.45, 7) is 17.0. The van der Waals surface area contributed by atoms with Gasteiger partial charge in [-0.15, -0.1) is 0 Å². The predicted octanol–water partition coefficient (Wildman–Crippen LogP) is 6.38. The molecule has 140 valence electrons. The minimum absolute atomic E-state index is 0.407. The summed E-state index contributed by atoms with van der Waals surface area (Å²) < 4.78 is 0. The van der Waals surface area contributed by atoms with E-state index in [2.05, 4.69) is 46.4 Å². The predicted molar refractivity (Wildman–Crippen MR) is 105 cm³/mol. The maximum absolute atomic E-state index is 2.67. The van der Waals surface area contributed by atoms with Crippen LogP contribution in [0.1, 0.15) is 92.9 Å². The Bertz CT molecular complexity index is 349. The summed E-state index contributed by atoms with van der Waals surface area (Å²) in [4.78, 5) is 2.67. The van der Waals surface area contributed by atoms with Crippen molar-refractivity contribution in [3.05, 3.63) is 0 Å². The monoisotopic (exact) mass is 333 g/mol. The molecule has 3 aliphatic carbocycles. The van der Waals surface area contributed by atoms with Gasteiger partial charge < -0.3 is 0 Å². The quantitative estimate of drug-likeness (QED) is 0.497. The molecule has 3 saturated carbocycles. The van der Waals surface area contributed by atoms with E-state index < -0.39 is 0 Å². The third kappa shape index (κ3) is 4.19. The van der Waals surface area contributed by atoms with Gasteiger partial charge in [-0.25, -0.2) is 0 Å². The first kappa shape index (κ1) is 18.7. The van der Waals surface area contributed by atoms with Gasteiger partial charge in [0.1, 0.15) is 0 Å². The van der Waals surface area contributed by atoms with Crippen LogP contribution < -0.4 is 0 Å². The van der Waals surface area contributed by atoms with Gasteiger partial charge in [-0.3, -0.25) is 4.90 Å². The van der Waals surface area contributed by atoms with E-state index in [-0.39, 0.29) is 0 Å². The first-order valence-electron chi connectivity index (χ1n) is 10.9. The highest BCUT2D eigenvalue weighted by molar-refractivity contribution is 4.93. The van der Waals surface area contributed by atoms with E-state index in [0.29, 0.717) is 11.0 Å². The highest BCUT2D eigenvalue weighted by Crippen LogP contribution is 2.51. The molecule has 0 aromatic carbocycles. The van der Waals surface area contributed by atoms with Crippen LogP contribution in [0.15, 0.2) is 0 Å². The standard InChI is InChI=1S/C12H22.C11H21N/c1-12(2,3)11-7-9-5-4-6-10(9)8-11;1-11(2,3)12-7-9-5-4-6-10(9)8-12/h9-11H,4-8H2,1-3H3;9-10H,4-8H2,1-3H3. The zero-order valence-corrected chi connectivity index (χ0v) is 17.4. The van der Waals surface area contributed by atoms with Gasteiger partial charge in [-0.1, -0.05) is 46.5 Å². The van der Waals surface area contributed by atoms with Gasteiger partial charge in [0.2, 0.25) is 0 Å². The van der Waals surface area contributed by atoms with Crippen LogP contribution in [0.5, 0.6) is 0 Å². The minimum atomic E-state index is 0.407. The zero-order valence-electron chi connectivity index (χ0n) is 17.4. The van der Waals surface area contributed by atoms with Crippen molar-refractivity contribution in [3.63, 3.8) is 0 Å². The Kier molecular flexibility index (Phi) is 5.41. The lowest BCUT2D eigenvalue weighted by Crippen LogP contribution is -2.39. The second-order valence-electron chi connectivity index (χ2n) is 11.5. The normalized spacial score (nSPS) is 39.5. The molecule has 0 radical (unpaired) electrons. The van der Waals surface area contributed by atoms with E-state index in [0.717, 1.165) is 29.6 Å². The topological polar surface area (TPSA) is 3.24 Å². The number of fused-ring (bicyclic) bond motifs is 2. The Hall–Kier alpha value is -0.0400. The zero-order chi connectivity index (χ0) is 17.5. The maximum Gasteiger partial charge on any atom is 0.0125 e. The molecule has 1 nitrogen and oxygen atoms in total. The molecule has 1 aliphatic heterocycles. The van der Waals surface area contributed by atoms with Crippen molar-refractivity contribution < 1.29 is 0 Å². The molecule has 0 N–H and O–H groups in total. The molecule has 4 fully saturated rings. The fourth-order valence-electron chi connectivity index (χ4n) is 6.05. The maximum atomic E-state index is 2.67. The lowest BCUT2D eigenvalue weighted by Gasteiger charge is -2.32. The second-order valence-corrected chi connectivity index (χ2v) is 11.5. The molecule has 1 heteroatoms. The Labute approximate surface area is 152 Å². The van der Waals surface area contributed by atoms with Crippen molar-refractivity contribution in [2.75, 3.05) is 13.1 Å². The summed E-state index contributed by atoms with van der Waals surface area (Å²) in [6, 6.07) is 0. The van der Waals surface area contributed by atoms with E-state index in [1.807, 2.05) is 0 Å². The number of nitrogens with zero attached hydrogens (tertiary/aromatic N) is 1. The van der Waals surface area contributed by atoms with Crippen LogP contribution in [0.4, 0.5) is 0 Å². The van der Waals surface area contributed by atoms with E-state index in [4.69, 9.17) is 0 Å². The summed E-state index contributed by atoms with van der Waals surface area (Å²) in [5, 5.41) is 0. The molecule has 4 rings (SSSR count). The summed E-state index contributed by atoms with van der Waals surface area (Å²) in [5.41, 5.74) is 0.981. The van der Waals surface area contributed by atoms with Crippen LogP contribution in [0.25, 0.3) is 0 Å². The molecule has 4 aliphatic rings. The van der Waals surface area contributed by atoms with Gasteiger partial charge in [0.05, 0.1) is 0 Å². The highest BCUT2D eigenvalue weighted by Gasteiger charge is 2.41. The van der Waals surface area contributed by atoms with Crippen molar-refractivity contribution in [3.8, 4) is 0 Å². The molecule has 4 atom stereocenters. The molecule has 0 spiro atoms. The third-order valence-electron chi connectivity index (χ3n) is 7.89. The van der Waals surface area contributed by atoms with Gasteiger partial charge in [-0.05, 0) is 81.5 Å². The number of rotatable bonds is 0. The smallest absolute Gasteiger partial charge is 0.0125 e. The highest BCUT2D eigenvalue weighted by atomic mass is 15.2. The van der Waals surface area contributed by atoms with Gasteiger partial charge in [-0.2, -0.15) is 0 Å². The lowest BCUT2D eigenvalue weighted by atomic mass is 9.78. The van der Waals surface area contributed by atoms with E-state index >= 15 is 0 Å². The molecular weight excluding hydrogens is 290 g/mol. The van der Waals surface area contributed by atoms with Gasteiger partial charge in [0.15, 0.2) is 0 Å². The van der Waals surface area contributed by atoms with E-state index in [9.17, 15) is 0 Å². The average molecular weight is 334 g/mol. The molecule has 0 amide bonds. The fraction of sp³-hybridized carbons (Fsp3) is 1.00. The Morgan fingerprint density at radius 2 is 1.04 bits per heavy atom. The molecule has 24 heavy (non-hydrogen) atoms. The van der Waals surface area contributed by atoms with Crippen molar-refractivity contribution in [1.29, 1.82) is 0 Å². The Balaban J connectivity index is 0.000000141. The van der Waals surface area contributed by atoms with Gasteiger partial charge >= 0.3 is 0 Å². The van der Waals surface area contributed by atoms with Crippen molar-refractivity contribution >= 4 is 0 Å². The van der Waals surface area contributed by atoms with E-state index in [1.54, 1.807) is 0 Å². The van der Waals surface area contributed by atoms with Crippen molar-refractivity contribution in [2.45, 2.75) is 98.4 Å². The molecule has 1 heterocycles. The minimum Gasteiger partial charge on any atom is -0.298 e. The van der Waals surface area contributed by atoms with E-state index in [1.165, 1.54) is 64.5 Å². The number of hydrogen-bond acceptors (Lipinski definition) is 1. The van der Waals surface area contributed by atoms with Crippen LogP contribution in [0.2, 0.25) is 0 Å². The van der Waals surface area contributed by atoms with Crippen molar-refractivity contribution in [2.24, 2.45) is 35.0 Å². The van der Waals surface area contributed by atoms with Crippen molar-refractivity contribution in [1.82, 2.24) is 4.90 Å². The molecule has 4 unspecified atom stereocenters. The third-order valence-corrected chi connectivity index (χ3v) is 7.89. The van der Waals surface area contributed by atoms with Crippen LogP contribution in [0.3, 0.4) is 0 Å². The van der Waals surface area contributed by atoms with Crippen LogP contribution >= 0.6 is 0 Å². The molecule has 0 aromatic heterocycles. The number of likely N-dealkylation sites (tertiary alicyclic amines) is 1. The first-order chi connectivity index (χ1) is 11.1. The van der Waals surface area contributed by atoms with Gasteiger partial charge in [0, 0.05) is 18.6 Å². The Morgan fingerprint density at radius 1 is 0.625 bits per heavy atom. The molecular formula is C23H43N. The molecule has 1 saturated heterocycles. The first-order valence-corrected chi connectivity index (χ1v) is 10.9. The summed E-state index contributed by atoms with van der Waals surface area (Å²) in [5.74, 6) is 5.35. The largest absolute Gasteiger partial charge is 0.298 e. The fourth-order valence-corrected chi connectivity index (χ4v) is 6.05. The van der Waals surface area contributed by atoms with Crippen LogP contribution in [0, 0.1) is 35.0 Å². The molecule has 0 aromatic rings. The summed E-state index contributed by atoms with van der Waals surface area (Å²) in [6.07, 6.45) is 12.2. The van der Waals surface area contributed by atoms with Crippen LogP contribution in [-0.2, 0) is 0 Å². The number of hydrogen-bond donors (Lipinski definition) is 0. The molecule has 0 bridgehead atoms. The lowest BCUT2D eigenvalue weighted by molar-refractivity contribution is 0.161. The Morgan fingerprint density at radius 3 is 1.42 bits per heavy atom.